The summed E-state index contributed by atoms with van der Waals surface area (Å²) in [5, 5.41) is 0. The third kappa shape index (κ3) is 3.03. The molecule has 1 rings (SSSR count). The molecule has 0 heterocycles. The van der Waals surface area contributed by atoms with E-state index in [2.05, 4.69) is 6.92 Å². The minimum Gasteiger partial charge on any atom is -0.206 e. The van der Waals surface area contributed by atoms with Gasteiger partial charge in [-0.05, 0) is 31.6 Å². The van der Waals surface area contributed by atoms with Crippen LogP contribution in [0.15, 0.2) is 11.9 Å². The van der Waals surface area contributed by atoms with Crippen molar-refractivity contribution >= 4 is 0 Å². The third-order valence-electron chi connectivity index (χ3n) is 3.08. The first-order chi connectivity index (χ1) is 6.65. The van der Waals surface area contributed by atoms with Gasteiger partial charge in [-0.2, -0.15) is 8.78 Å². The Morgan fingerprint density at radius 2 is 1.64 bits per heavy atom. The molecule has 0 saturated heterocycles. The van der Waals surface area contributed by atoms with Crippen molar-refractivity contribution in [1.82, 2.24) is 0 Å². The Morgan fingerprint density at radius 3 is 2.07 bits per heavy atom. The van der Waals surface area contributed by atoms with Gasteiger partial charge in [0.1, 0.15) is 0 Å². The molecule has 1 fully saturated rings. The van der Waals surface area contributed by atoms with Crippen molar-refractivity contribution in [2.24, 2.45) is 11.8 Å². The minimum atomic E-state index is -2.12. The van der Waals surface area contributed by atoms with Crippen LogP contribution in [0.4, 0.5) is 13.2 Å². The molecule has 0 aromatic rings. The second kappa shape index (κ2) is 5.42. The number of hydrogen-bond donors (Lipinski definition) is 0. The lowest BCUT2D eigenvalue weighted by Gasteiger charge is -2.26. The van der Waals surface area contributed by atoms with Crippen LogP contribution in [0.25, 0.3) is 0 Å². The summed E-state index contributed by atoms with van der Waals surface area (Å²) in [5.41, 5.74) is 0. The van der Waals surface area contributed by atoms with Gasteiger partial charge in [-0.3, -0.25) is 0 Å². The fourth-order valence-electron chi connectivity index (χ4n) is 2.27. The molecule has 0 nitrogen and oxygen atoms in total. The highest BCUT2D eigenvalue weighted by Gasteiger charge is 2.26. The van der Waals surface area contributed by atoms with Gasteiger partial charge in [0.2, 0.25) is 0 Å². The molecule has 3 heteroatoms. The van der Waals surface area contributed by atoms with Crippen LogP contribution in [0.3, 0.4) is 0 Å². The predicted octanol–water partition coefficient (Wildman–Crippen LogP) is 4.67. The summed E-state index contributed by atoms with van der Waals surface area (Å²) in [4.78, 5) is 0. The molecule has 14 heavy (non-hydrogen) atoms. The first kappa shape index (κ1) is 11.6. The van der Waals surface area contributed by atoms with Crippen molar-refractivity contribution in [3.8, 4) is 0 Å². The van der Waals surface area contributed by atoms with E-state index in [9.17, 15) is 13.2 Å². The van der Waals surface area contributed by atoms with Crippen LogP contribution in [0.2, 0.25) is 0 Å². The maximum Gasteiger partial charge on any atom is 0.301 e. The van der Waals surface area contributed by atoms with E-state index in [-0.39, 0.29) is 0 Å². The molecule has 1 saturated carbocycles. The smallest absolute Gasteiger partial charge is 0.206 e. The van der Waals surface area contributed by atoms with Gasteiger partial charge in [0.15, 0.2) is 5.83 Å². The minimum absolute atomic E-state index is 0.506. The van der Waals surface area contributed by atoms with E-state index in [4.69, 9.17) is 0 Å². The molecule has 0 aromatic carbocycles. The molecule has 1 aliphatic rings. The van der Waals surface area contributed by atoms with Gasteiger partial charge < -0.3 is 0 Å². The van der Waals surface area contributed by atoms with Crippen molar-refractivity contribution < 1.29 is 13.2 Å². The summed E-state index contributed by atoms with van der Waals surface area (Å²) in [5.74, 6) is -1.04. The molecule has 0 amide bonds. The largest absolute Gasteiger partial charge is 0.301 e. The van der Waals surface area contributed by atoms with Crippen molar-refractivity contribution in [2.75, 3.05) is 0 Å². The second-order valence-electron chi connectivity index (χ2n) is 4.11. The monoisotopic (exact) mass is 206 g/mol. The molecule has 0 aromatic heterocycles. The number of halogens is 3. The number of hydrogen-bond acceptors (Lipinski definition) is 0. The topological polar surface area (TPSA) is 0 Å². The molecule has 1 aliphatic carbocycles. The fraction of sp³-hybridized carbons (Fsp3) is 0.818. The summed E-state index contributed by atoms with van der Waals surface area (Å²) >= 11 is 0. The molecule has 0 bridgehead atoms. The van der Waals surface area contributed by atoms with Crippen molar-refractivity contribution in [1.29, 1.82) is 0 Å². The Kier molecular flexibility index (Phi) is 4.49. The summed E-state index contributed by atoms with van der Waals surface area (Å²) in [6.07, 6.45) is 3.14. The normalized spacial score (nSPS) is 27.4. The maximum atomic E-state index is 12.9. The molecule has 82 valence electrons. The van der Waals surface area contributed by atoms with E-state index in [0.29, 0.717) is 18.8 Å². The van der Waals surface area contributed by atoms with Crippen LogP contribution in [0.5, 0.6) is 0 Å². The quantitative estimate of drug-likeness (QED) is 0.629. The highest BCUT2D eigenvalue weighted by Crippen LogP contribution is 2.37. The molecule has 0 aliphatic heterocycles. The third-order valence-corrected chi connectivity index (χ3v) is 3.08. The van der Waals surface area contributed by atoms with Gasteiger partial charge in [-0.25, -0.2) is 4.39 Å². The predicted molar refractivity (Wildman–Crippen MR) is 50.7 cm³/mol. The van der Waals surface area contributed by atoms with Crippen LogP contribution < -0.4 is 0 Å². The molecular weight excluding hydrogens is 189 g/mol. The maximum absolute atomic E-state index is 12.9. The van der Waals surface area contributed by atoms with E-state index in [1.165, 1.54) is 0 Å². The zero-order valence-electron chi connectivity index (χ0n) is 8.53. The van der Waals surface area contributed by atoms with Crippen molar-refractivity contribution in [3.63, 3.8) is 0 Å². The number of rotatable bonds is 3. The average Bonchev–Trinajstić information content (AvgIpc) is 2.18. The van der Waals surface area contributed by atoms with Gasteiger partial charge in [0, 0.05) is 5.92 Å². The zero-order valence-corrected chi connectivity index (χ0v) is 8.53. The van der Waals surface area contributed by atoms with E-state index in [1.807, 2.05) is 0 Å². The van der Waals surface area contributed by atoms with Crippen LogP contribution in [-0.4, -0.2) is 0 Å². The van der Waals surface area contributed by atoms with Crippen molar-refractivity contribution in [3.05, 3.63) is 11.9 Å². The van der Waals surface area contributed by atoms with E-state index >= 15 is 0 Å². The van der Waals surface area contributed by atoms with E-state index in [0.717, 1.165) is 25.7 Å². The summed E-state index contributed by atoms with van der Waals surface area (Å²) in [7, 11) is 0. The highest BCUT2D eigenvalue weighted by molar-refractivity contribution is 4.99. The van der Waals surface area contributed by atoms with Gasteiger partial charge in [-0.15, -0.1) is 0 Å². The standard InChI is InChI=1S/C11H17F3/c1-2-3-8-4-6-9(7-5-8)10(12)11(13)14/h8-9H,2-7H2,1H3/t8-,9-. The second-order valence-corrected chi connectivity index (χ2v) is 4.11. The lowest BCUT2D eigenvalue weighted by Crippen LogP contribution is -2.15. The van der Waals surface area contributed by atoms with E-state index in [1.54, 1.807) is 0 Å². The Hall–Kier alpha value is -0.470. The number of allylic oxidation sites excluding steroid dienone is 1. The Labute approximate surface area is 83.2 Å². The Bertz CT molecular complexity index is 199. The van der Waals surface area contributed by atoms with Crippen molar-refractivity contribution in [2.45, 2.75) is 45.4 Å². The lowest BCUT2D eigenvalue weighted by molar-refractivity contribution is 0.243. The van der Waals surface area contributed by atoms with Gasteiger partial charge in [-0.1, -0.05) is 19.8 Å². The Morgan fingerprint density at radius 1 is 1.07 bits per heavy atom. The summed E-state index contributed by atoms with van der Waals surface area (Å²) in [6.45, 7) is 2.12. The van der Waals surface area contributed by atoms with Gasteiger partial charge >= 0.3 is 6.08 Å². The van der Waals surface area contributed by atoms with Crippen LogP contribution in [0, 0.1) is 11.8 Å². The first-order valence-corrected chi connectivity index (χ1v) is 5.35. The molecule has 0 radical (unpaired) electrons. The molecule has 0 atom stereocenters. The van der Waals surface area contributed by atoms with Gasteiger partial charge in [0.25, 0.3) is 0 Å². The molecule has 0 N–H and O–H groups in total. The SMILES string of the molecule is CCC[C@H]1CC[C@H](C(F)=C(F)F)CC1. The zero-order chi connectivity index (χ0) is 10.6. The van der Waals surface area contributed by atoms with Crippen LogP contribution in [0.1, 0.15) is 45.4 Å². The summed E-state index contributed by atoms with van der Waals surface area (Å²) < 4.78 is 36.8. The summed E-state index contributed by atoms with van der Waals surface area (Å²) in [6, 6.07) is 0. The van der Waals surface area contributed by atoms with Crippen LogP contribution in [-0.2, 0) is 0 Å². The molecular formula is C11H17F3. The fourth-order valence-corrected chi connectivity index (χ4v) is 2.27. The Balaban J connectivity index is 2.39. The highest BCUT2D eigenvalue weighted by atomic mass is 19.3. The molecule has 0 unspecified atom stereocenters. The van der Waals surface area contributed by atoms with Gasteiger partial charge in [0.05, 0.1) is 0 Å². The lowest BCUT2D eigenvalue weighted by atomic mass is 9.80. The molecule has 0 spiro atoms. The first-order valence-electron chi connectivity index (χ1n) is 5.35. The van der Waals surface area contributed by atoms with E-state index < -0.39 is 17.8 Å². The van der Waals surface area contributed by atoms with Crippen LogP contribution >= 0.6 is 0 Å². The average molecular weight is 206 g/mol.